The quantitative estimate of drug-likeness (QED) is 0.747. The summed E-state index contributed by atoms with van der Waals surface area (Å²) in [7, 11) is 1.57. The number of carbonyl (C=O) groups is 1. The number of methoxy groups -OCH3 is 1. The molecule has 0 fully saturated rings. The van der Waals surface area contributed by atoms with Crippen molar-refractivity contribution in [2.45, 2.75) is 12.6 Å². The summed E-state index contributed by atoms with van der Waals surface area (Å²) in [6.07, 6.45) is -2.33. The number of benzene rings is 1. The molecule has 0 bridgehead atoms. The van der Waals surface area contributed by atoms with Gasteiger partial charge in [-0.2, -0.15) is 13.2 Å². The lowest BCUT2D eigenvalue weighted by Gasteiger charge is -2.13. The van der Waals surface area contributed by atoms with Crippen LogP contribution in [-0.2, 0) is 10.9 Å². The molecule has 0 saturated carbocycles. The Morgan fingerprint density at radius 1 is 1.24 bits per heavy atom. The van der Waals surface area contributed by atoms with E-state index in [1.807, 2.05) is 0 Å². The van der Waals surface area contributed by atoms with Crippen LogP contribution >= 0.6 is 0 Å². The number of nitrogens with zero attached hydrogens (tertiary/aromatic N) is 1. The first-order valence-electron chi connectivity index (χ1n) is 7.58. The number of alkyl halides is 3. The van der Waals surface area contributed by atoms with E-state index in [9.17, 15) is 18.0 Å². The van der Waals surface area contributed by atoms with Gasteiger partial charge in [-0.1, -0.05) is 6.07 Å². The summed E-state index contributed by atoms with van der Waals surface area (Å²) in [6, 6.07) is 7.85. The van der Waals surface area contributed by atoms with E-state index in [4.69, 9.17) is 4.74 Å². The number of hydrogen-bond acceptors (Lipinski definition) is 4. The van der Waals surface area contributed by atoms with Gasteiger partial charge >= 0.3 is 6.18 Å². The van der Waals surface area contributed by atoms with E-state index in [0.717, 1.165) is 12.1 Å². The van der Waals surface area contributed by atoms with Crippen molar-refractivity contribution in [3.63, 3.8) is 0 Å². The van der Waals surface area contributed by atoms with Gasteiger partial charge in [0.25, 0.3) is 5.91 Å². The van der Waals surface area contributed by atoms with E-state index in [0.29, 0.717) is 19.6 Å². The van der Waals surface area contributed by atoms with Gasteiger partial charge in [0.15, 0.2) is 0 Å². The van der Waals surface area contributed by atoms with Crippen molar-refractivity contribution in [3.05, 3.63) is 53.7 Å². The monoisotopic (exact) mass is 353 g/mol. The van der Waals surface area contributed by atoms with E-state index in [1.165, 1.54) is 18.3 Å². The van der Waals surface area contributed by atoms with Gasteiger partial charge in [0, 0.05) is 32.1 Å². The van der Waals surface area contributed by atoms with Crippen molar-refractivity contribution in [2.24, 2.45) is 0 Å². The number of nitrogens with one attached hydrogen (secondary N) is 2. The van der Waals surface area contributed by atoms with E-state index in [-0.39, 0.29) is 23.0 Å². The average Bonchev–Trinajstić information content (AvgIpc) is 2.58. The molecular formula is C17H18F3N3O2. The number of ether oxygens (including phenoxy) is 1. The Labute approximate surface area is 143 Å². The standard InChI is InChI=1S/C17H18F3N3O2/c1-25-10-4-9-22-16(24)14-7-3-8-21-15(14)23-13-6-2-5-12(11-13)17(18,19)20/h2-3,5-8,11H,4,9-10H2,1H3,(H,21,23)(H,22,24). The van der Waals surface area contributed by atoms with Gasteiger partial charge in [0.2, 0.25) is 0 Å². The molecule has 0 atom stereocenters. The maximum atomic E-state index is 12.8. The summed E-state index contributed by atoms with van der Waals surface area (Å²) < 4.78 is 43.3. The van der Waals surface area contributed by atoms with Gasteiger partial charge in [0.1, 0.15) is 5.82 Å². The largest absolute Gasteiger partial charge is 0.416 e. The lowest BCUT2D eigenvalue weighted by atomic mass is 10.2. The first-order valence-corrected chi connectivity index (χ1v) is 7.58. The first kappa shape index (κ1) is 18.7. The van der Waals surface area contributed by atoms with Gasteiger partial charge in [-0.05, 0) is 36.8 Å². The van der Waals surface area contributed by atoms with Crippen molar-refractivity contribution >= 4 is 17.4 Å². The molecular weight excluding hydrogens is 335 g/mol. The Kier molecular flexibility index (Phi) is 6.35. The number of halogens is 3. The highest BCUT2D eigenvalue weighted by Gasteiger charge is 2.30. The van der Waals surface area contributed by atoms with Crippen LogP contribution in [0, 0.1) is 0 Å². The van der Waals surface area contributed by atoms with Gasteiger partial charge in [-0.25, -0.2) is 4.98 Å². The normalized spacial score (nSPS) is 11.2. The summed E-state index contributed by atoms with van der Waals surface area (Å²) in [5, 5.41) is 5.49. The van der Waals surface area contributed by atoms with E-state index >= 15 is 0 Å². The molecule has 0 saturated heterocycles. The molecule has 0 aliphatic heterocycles. The zero-order valence-corrected chi connectivity index (χ0v) is 13.6. The third-order valence-electron chi connectivity index (χ3n) is 3.32. The van der Waals surface area contributed by atoms with Crippen LogP contribution in [0.4, 0.5) is 24.7 Å². The number of pyridine rings is 1. The maximum absolute atomic E-state index is 12.8. The zero-order valence-electron chi connectivity index (χ0n) is 13.6. The van der Waals surface area contributed by atoms with Crippen LogP contribution in [0.25, 0.3) is 0 Å². The van der Waals surface area contributed by atoms with Crippen LogP contribution in [-0.4, -0.2) is 31.2 Å². The molecule has 2 N–H and O–H groups in total. The second-order valence-corrected chi connectivity index (χ2v) is 5.21. The van der Waals surface area contributed by atoms with Crippen molar-refractivity contribution < 1.29 is 22.7 Å². The molecule has 0 aliphatic carbocycles. The van der Waals surface area contributed by atoms with Crippen LogP contribution in [0.3, 0.4) is 0 Å². The van der Waals surface area contributed by atoms with E-state index in [2.05, 4.69) is 15.6 Å². The second-order valence-electron chi connectivity index (χ2n) is 5.21. The highest BCUT2D eigenvalue weighted by atomic mass is 19.4. The SMILES string of the molecule is COCCCNC(=O)c1cccnc1Nc1cccc(C(F)(F)F)c1. The summed E-state index contributed by atoms with van der Waals surface area (Å²) in [6.45, 7) is 0.938. The van der Waals surface area contributed by atoms with Crippen LogP contribution in [0.5, 0.6) is 0 Å². The van der Waals surface area contributed by atoms with E-state index < -0.39 is 11.7 Å². The van der Waals surface area contributed by atoms with Gasteiger partial charge < -0.3 is 15.4 Å². The summed E-state index contributed by atoms with van der Waals surface area (Å²) in [4.78, 5) is 16.3. The van der Waals surface area contributed by atoms with Gasteiger partial charge in [0.05, 0.1) is 11.1 Å². The minimum atomic E-state index is -4.44. The Bertz CT molecular complexity index is 720. The summed E-state index contributed by atoms with van der Waals surface area (Å²) >= 11 is 0. The third-order valence-corrected chi connectivity index (χ3v) is 3.32. The molecule has 8 heteroatoms. The van der Waals surface area contributed by atoms with Crippen molar-refractivity contribution in [2.75, 3.05) is 25.6 Å². The van der Waals surface area contributed by atoms with Gasteiger partial charge in [-0.3, -0.25) is 4.79 Å². The van der Waals surface area contributed by atoms with Crippen LogP contribution < -0.4 is 10.6 Å². The molecule has 2 rings (SSSR count). The zero-order chi connectivity index (χ0) is 18.3. The maximum Gasteiger partial charge on any atom is 0.416 e. The minimum Gasteiger partial charge on any atom is -0.385 e. The van der Waals surface area contributed by atoms with Crippen molar-refractivity contribution in [3.8, 4) is 0 Å². The number of aromatic nitrogens is 1. The van der Waals surface area contributed by atoms with Crippen LogP contribution in [0.15, 0.2) is 42.6 Å². The summed E-state index contributed by atoms with van der Waals surface area (Å²) in [5.41, 5.74) is -0.335. The van der Waals surface area contributed by atoms with Crippen molar-refractivity contribution in [1.82, 2.24) is 10.3 Å². The number of hydrogen-bond donors (Lipinski definition) is 2. The number of amides is 1. The lowest BCUT2D eigenvalue weighted by Crippen LogP contribution is -2.26. The molecule has 2 aromatic rings. The second kappa shape index (κ2) is 8.48. The third kappa shape index (κ3) is 5.46. The fraction of sp³-hybridized carbons (Fsp3) is 0.294. The summed E-state index contributed by atoms with van der Waals surface area (Å²) in [5.74, 6) is -0.176. The highest BCUT2D eigenvalue weighted by Crippen LogP contribution is 2.31. The molecule has 0 aliphatic rings. The van der Waals surface area contributed by atoms with Crippen LogP contribution in [0.1, 0.15) is 22.3 Å². The highest BCUT2D eigenvalue weighted by molar-refractivity contribution is 5.99. The lowest BCUT2D eigenvalue weighted by molar-refractivity contribution is -0.137. The fourth-order valence-corrected chi connectivity index (χ4v) is 2.11. The fourth-order valence-electron chi connectivity index (χ4n) is 2.11. The smallest absolute Gasteiger partial charge is 0.385 e. The molecule has 25 heavy (non-hydrogen) atoms. The van der Waals surface area contributed by atoms with Crippen LogP contribution in [0.2, 0.25) is 0 Å². The van der Waals surface area contributed by atoms with Gasteiger partial charge in [-0.15, -0.1) is 0 Å². The molecule has 0 spiro atoms. The Balaban J connectivity index is 2.14. The topological polar surface area (TPSA) is 63.2 Å². The number of carbonyl (C=O) groups excluding carboxylic acids is 1. The molecule has 134 valence electrons. The minimum absolute atomic E-state index is 0.186. The molecule has 0 unspecified atom stereocenters. The molecule has 5 nitrogen and oxygen atoms in total. The Hall–Kier alpha value is -2.61. The molecule has 1 aromatic carbocycles. The Morgan fingerprint density at radius 2 is 2.04 bits per heavy atom. The predicted molar refractivity (Wildman–Crippen MR) is 87.8 cm³/mol. The van der Waals surface area contributed by atoms with E-state index in [1.54, 1.807) is 19.2 Å². The average molecular weight is 353 g/mol. The molecule has 1 amide bonds. The first-order chi connectivity index (χ1) is 11.9. The number of rotatable bonds is 7. The van der Waals surface area contributed by atoms with Crippen molar-refractivity contribution in [1.29, 1.82) is 0 Å². The number of anilines is 2. The Morgan fingerprint density at radius 3 is 2.76 bits per heavy atom. The predicted octanol–water partition coefficient (Wildman–Crippen LogP) is 3.61. The molecule has 1 aromatic heterocycles. The molecule has 1 heterocycles. The molecule has 0 radical (unpaired) electrons.